The molecule has 4 nitrogen and oxygen atoms in total. The summed E-state index contributed by atoms with van der Waals surface area (Å²) in [7, 11) is 1.58. The van der Waals surface area contributed by atoms with E-state index in [1.807, 2.05) is 12.1 Å². The Kier molecular flexibility index (Phi) is 4.11. The van der Waals surface area contributed by atoms with Crippen LogP contribution in [0.2, 0.25) is 0 Å². The summed E-state index contributed by atoms with van der Waals surface area (Å²) >= 11 is 1.34. The maximum absolute atomic E-state index is 10.7. The van der Waals surface area contributed by atoms with Gasteiger partial charge in [-0.2, -0.15) is 0 Å². The van der Waals surface area contributed by atoms with Crippen LogP contribution in [-0.2, 0) is 5.75 Å². The van der Waals surface area contributed by atoms with Gasteiger partial charge in [0.05, 0.1) is 0 Å². The minimum absolute atomic E-state index is 0.186. The van der Waals surface area contributed by atoms with Gasteiger partial charge in [-0.1, -0.05) is 6.07 Å². The van der Waals surface area contributed by atoms with Crippen LogP contribution >= 0.6 is 11.9 Å². The molecule has 0 aliphatic carbocycles. The van der Waals surface area contributed by atoms with E-state index in [0.717, 1.165) is 11.3 Å². The van der Waals surface area contributed by atoms with Gasteiger partial charge in [0.2, 0.25) is 0 Å². The molecule has 0 saturated heterocycles. The van der Waals surface area contributed by atoms with Crippen molar-refractivity contribution in [2.75, 3.05) is 7.05 Å². The third kappa shape index (κ3) is 3.80. The molecular formula is C8H11N3OS. The Morgan fingerprint density at radius 1 is 1.69 bits per heavy atom. The summed E-state index contributed by atoms with van der Waals surface area (Å²) in [5.74, 6) is 0.723. The van der Waals surface area contributed by atoms with Crippen molar-refractivity contribution >= 4 is 18.0 Å². The zero-order valence-corrected chi connectivity index (χ0v) is 8.10. The van der Waals surface area contributed by atoms with Gasteiger partial charge in [0.15, 0.2) is 0 Å². The van der Waals surface area contributed by atoms with E-state index < -0.39 is 0 Å². The molecule has 1 rings (SSSR count). The lowest BCUT2D eigenvalue weighted by Gasteiger charge is -2.02. The molecule has 13 heavy (non-hydrogen) atoms. The summed E-state index contributed by atoms with van der Waals surface area (Å²) in [5, 5.41) is 2.46. The topological polar surface area (TPSA) is 54.0 Å². The Bertz CT molecular complexity index is 265. The number of amides is 2. The lowest BCUT2D eigenvalue weighted by atomic mass is 10.3. The Labute approximate surface area is 81.3 Å². The van der Waals surface area contributed by atoms with E-state index in [9.17, 15) is 4.79 Å². The summed E-state index contributed by atoms with van der Waals surface area (Å²) in [6, 6.07) is 3.65. The third-order valence-electron chi connectivity index (χ3n) is 1.35. The van der Waals surface area contributed by atoms with Crippen LogP contribution in [0.5, 0.6) is 0 Å². The predicted octanol–water partition coefficient (Wildman–Crippen LogP) is 1.16. The lowest BCUT2D eigenvalue weighted by Crippen LogP contribution is -2.27. The van der Waals surface area contributed by atoms with Crippen LogP contribution in [0.15, 0.2) is 24.5 Å². The fraction of sp³-hybridized carbons (Fsp3) is 0.250. The second kappa shape index (κ2) is 5.42. The van der Waals surface area contributed by atoms with Gasteiger partial charge in [0, 0.05) is 25.2 Å². The Balaban J connectivity index is 2.24. The fourth-order valence-electron chi connectivity index (χ4n) is 0.720. The van der Waals surface area contributed by atoms with Crippen molar-refractivity contribution in [3.8, 4) is 0 Å². The first-order valence-corrected chi connectivity index (χ1v) is 4.80. The first-order valence-electron chi connectivity index (χ1n) is 3.81. The number of rotatable bonds is 3. The second-order valence-electron chi connectivity index (χ2n) is 2.33. The van der Waals surface area contributed by atoms with E-state index >= 15 is 0 Å². The highest BCUT2D eigenvalue weighted by Crippen LogP contribution is 2.06. The number of aromatic nitrogens is 1. The SMILES string of the molecule is CNC(=O)NSCc1cccnc1. The van der Waals surface area contributed by atoms with Crippen molar-refractivity contribution < 1.29 is 4.79 Å². The van der Waals surface area contributed by atoms with Gasteiger partial charge in [0.1, 0.15) is 0 Å². The van der Waals surface area contributed by atoms with Gasteiger partial charge in [0.25, 0.3) is 0 Å². The first-order chi connectivity index (χ1) is 6.33. The molecule has 0 fully saturated rings. The molecule has 70 valence electrons. The average Bonchev–Trinajstić information content (AvgIpc) is 2.19. The van der Waals surface area contributed by atoms with Gasteiger partial charge in [-0.15, -0.1) is 0 Å². The molecule has 0 saturated carbocycles. The predicted molar refractivity (Wildman–Crippen MR) is 53.1 cm³/mol. The number of carbonyl (C=O) groups excluding carboxylic acids is 1. The van der Waals surface area contributed by atoms with Gasteiger partial charge >= 0.3 is 6.03 Å². The second-order valence-corrected chi connectivity index (χ2v) is 3.11. The summed E-state index contributed by atoms with van der Waals surface area (Å²) < 4.78 is 2.62. The normalized spacial score (nSPS) is 9.31. The average molecular weight is 197 g/mol. The van der Waals surface area contributed by atoms with Crippen LogP contribution in [0.3, 0.4) is 0 Å². The standard InChI is InChI=1S/C8H11N3OS/c1-9-8(12)11-13-6-7-3-2-4-10-5-7/h2-5H,6H2,1H3,(H2,9,11,12). The molecule has 0 bridgehead atoms. The largest absolute Gasteiger partial charge is 0.341 e. The van der Waals surface area contributed by atoms with Gasteiger partial charge in [-0.25, -0.2) is 4.79 Å². The number of nitrogens with zero attached hydrogens (tertiary/aromatic N) is 1. The molecule has 0 atom stereocenters. The van der Waals surface area contributed by atoms with Crippen molar-refractivity contribution in [1.82, 2.24) is 15.0 Å². The molecule has 2 N–H and O–H groups in total. The number of carbonyl (C=O) groups is 1. The monoisotopic (exact) mass is 197 g/mol. The van der Waals surface area contributed by atoms with Crippen LogP contribution < -0.4 is 10.0 Å². The van der Waals surface area contributed by atoms with Crippen LogP contribution in [-0.4, -0.2) is 18.1 Å². The van der Waals surface area contributed by atoms with Crippen molar-refractivity contribution in [1.29, 1.82) is 0 Å². The van der Waals surface area contributed by atoms with Crippen LogP contribution in [0, 0.1) is 0 Å². The molecule has 0 aromatic carbocycles. The zero-order chi connectivity index (χ0) is 9.52. The van der Waals surface area contributed by atoms with Crippen molar-refractivity contribution in [2.24, 2.45) is 0 Å². The lowest BCUT2D eigenvalue weighted by molar-refractivity contribution is 0.248. The quantitative estimate of drug-likeness (QED) is 0.715. The summed E-state index contributed by atoms with van der Waals surface area (Å²) in [6.45, 7) is 0. The Morgan fingerprint density at radius 2 is 2.54 bits per heavy atom. The minimum atomic E-state index is -0.186. The number of urea groups is 1. The first kappa shape index (κ1) is 9.85. The third-order valence-corrected chi connectivity index (χ3v) is 2.16. The highest BCUT2D eigenvalue weighted by atomic mass is 32.2. The van der Waals surface area contributed by atoms with E-state index in [4.69, 9.17) is 0 Å². The molecule has 2 amide bonds. The van der Waals surface area contributed by atoms with Crippen molar-refractivity contribution in [3.05, 3.63) is 30.1 Å². The van der Waals surface area contributed by atoms with E-state index in [1.165, 1.54) is 11.9 Å². The van der Waals surface area contributed by atoms with Crippen LogP contribution in [0.25, 0.3) is 0 Å². The minimum Gasteiger partial charge on any atom is -0.341 e. The van der Waals surface area contributed by atoms with Gasteiger partial charge < -0.3 is 5.32 Å². The summed E-state index contributed by atoms with van der Waals surface area (Å²) in [5.41, 5.74) is 1.09. The maximum atomic E-state index is 10.7. The molecule has 1 aromatic heterocycles. The smallest absolute Gasteiger partial charge is 0.324 e. The van der Waals surface area contributed by atoms with Crippen LogP contribution in [0.4, 0.5) is 4.79 Å². The number of pyridine rings is 1. The van der Waals surface area contributed by atoms with Crippen molar-refractivity contribution in [2.45, 2.75) is 5.75 Å². The highest BCUT2D eigenvalue weighted by Gasteiger charge is 1.96. The molecule has 5 heteroatoms. The molecule has 1 aromatic rings. The number of hydrogen-bond donors (Lipinski definition) is 2. The zero-order valence-electron chi connectivity index (χ0n) is 7.28. The number of nitrogens with one attached hydrogen (secondary N) is 2. The van der Waals surface area contributed by atoms with Gasteiger partial charge in [-0.3, -0.25) is 9.71 Å². The number of hydrogen-bond acceptors (Lipinski definition) is 3. The molecule has 0 spiro atoms. The summed E-state index contributed by atoms with van der Waals surface area (Å²) in [6.07, 6.45) is 3.50. The van der Waals surface area contributed by atoms with Gasteiger partial charge in [-0.05, 0) is 23.6 Å². The Hall–Kier alpha value is -1.23. The molecular weight excluding hydrogens is 186 g/mol. The molecule has 1 heterocycles. The molecule has 0 unspecified atom stereocenters. The maximum Gasteiger partial charge on any atom is 0.324 e. The fourth-order valence-corrected chi connectivity index (χ4v) is 1.36. The van der Waals surface area contributed by atoms with E-state index in [0.29, 0.717) is 0 Å². The highest BCUT2D eigenvalue weighted by molar-refractivity contribution is 7.97. The van der Waals surface area contributed by atoms with E-state index in [1.54, 1.807) is 19.4 Å². The van der Waals surface area contributed by atoms with E-state index in [-0.39, 0.29) is 6.03 Å². The summed E-state index contributed by atoms with van der Waals surface area (Å²) in [4.78, 5) is 14.7. The van der Waals surface area contributed by atoms with Crippen molar-refractivity contribution in [3.63, 3.8) is 0 Å². The molecule has 0 radical (unpaired) electrons. The van der Waals surface area contributed by atoms with Crippen LogP contribution in [0.1, 0.15) is 5.56 Å². The molecule has 0 aliphatic heterocycles. The van der Waals surface area contributed by atoms with E-state index in [2.05, 4.69) is 15.0 Å². The Morgan fingerprint density at radius 3 is 3.15 bits per heavy atom. The molecule has 0 aliphatic rings.